The summed E-state index contributed by atoms with van der Waals surface area (Å²) in [6.07, 6.45) is 0.00883. The van der Waals surface area contributed by atoms with Crippen LogP contribution >= 0.6 is 0 Å². The summed E-state index contributed by atoms with van der Waals surface area (Å²) in [4.78, 5) is 26.7. The molecule has 1 atom stereocenters. The molecule has 1 fully saturated rings. The minimum atomic E-state index is -0.347. The van der Waals surface area contributed by atoms with Crippen molar-refractivity contribution in [2.24, 2.45) is 0 Å². The quantitative estimate of drug-likeness (QED) is 0.906. The highest BCUT2D eigenvalue weighted by atomic mass is 16.5. The average Bonchev–Trinajstić information content (AvgIpc) is 2.42. The number of ether oxygens (including phenoxy) is 1. The van der Waals surface area contributed by atoms with Crippen LogP contribution in [-0.2, 0) is 4.74 Å². The molecule has 1 N–H and O–H groups in total. The van der Waals surface area contributed by atoms with Crippen molar-refractivity contribution >= 4 is 11.8 Å². The summed E-state index contributed by atoms with van der Waals surface area (Å²) in [5, 5.41) is 2.91. The van der Waals surface area contributed by atoms with Crippen LogP contribution in [0.5, 0.6) is 0 Å². The molecule has 0 radical (unpaired) electrons. The van der Waals surface area contributed by atoms with Gasteiger partial charge in [0, 0.05) is 29.8 Å². The number of nitrogens with zero attached hydrogens (tertiary/aromatic N) is 1. The van der Waals surface area contributed by atoms with Crippen molar-refractivity contribution in [3.63, 3.8) is 0 Å². The van der Waals surface area contributed by atoms with Crippen LogP contribution in [0.25, 0.3) is 0 Å². The van der Waals surface area contributed by atoms with E-state index in [-0.39, 0.29) is 29.1 Å². The number of benzene rings is 1. The lowest BCUT2D eigenvalue weighted by Gasteiger charge is -2.41. The van der Waals surface area contributed by atoms with Gasteiger partial charge >= 0.3 is 0 Å². The van der Waals surface area contributed by atoms with Crippen LogP contribution in [0.4, 0.5) is 0 Å². The largest absolute Gasteiger partial charge is 0.369 e. The second kappa shape index (κ2) is 6.55. The van der Waals surface area contributed by atoms with Crippen molar-refractivity contribution in [2.75, 3.05) is 13.1 Å². The maximum Gasteiger partial charge on any atom is 0.254 e. The topological polar surface area (TPSA) is 58.6 Å². The second-order valence-electron chi connectivity index (χ2n) is 8.16. The number of hydrogen-bond acceptors (Lipinski definition) is 3. The van der Waals surface area contributed by atoms with Gasteiger partial charge in [-0.3, -0.25) is 9.59 Å². The number of rotatable bonds is 2. The summed E-state index contributed by atoms with van der Waals surface area (Å²) in [5.74, 6) is -0.163. The molecule has 2 rings (SSSR count). The van der Waals surface area contributed by atoms with Crippen molar-refractivity contribution in [3.8, 4) is 0 Å². The van der Waals surface area contributed by atoms with Gasteiger partial charge in [-0.15, -0.1) is 0 Å². The number of hydrogen-bond donors (Lipinski definition) is 1. The lowest BCUT2D eigenvalue weighted by Crippen LogP contribution is -2.53. The number of morpholine rings is 1. The molecule has 2 amide bonds. The molecule has 1 aliphatic heterocycles. The predicted molar refractivity (Wildman–Crippen MR) is 94.2 cm³/mol. The van der Waals surface area contributed by atoms with Crippen LogP contribution in [0, 0.1) is 0 Å². The van der Waals surface area contributed by atoms with Crippen molar-refractivity contribution in [1.82, 2.24) is 10.2 Å². The van der Waals surface area contributed by atoms with E-state index in [4.69, 9.17) is 4.74 Å². The summed E-state index contributed by atoms with van der Waals surface area (Å²) in [7, 11) is 0. The molecule has 5 nitrogen and oxygen atoms in total. The van der Waals surface area contributed by atoms with Gasteiger partial charge in [-0.2, -0.15) is 0 Å². The standard InChI is InChI=1S/C19H28N2O3/c1-13-11-21(12-19(5,6)24-13)17(23)15-9-7-14(8-10-15)16(22)20-18(2,3)4/h7-10,13H,11-12H2,1-6H3,(H,20,22). The van der Waals surface area contributed by atoms with Crippen LogP contribution < -0.4 is 5.32 Å². The number of amides is 2. The maximum atomic E-state index is 12.7. The van der Waals surface area contributed by atoms with Gasteiger partial charge < -0.3 is 15.0 Å². The van der Waals surface area contributed by atoms with E-state index in [0.29, 0.717) is 24.2 Å². The summed E-state index contributed by atoms with van der Waals surface area (Å²) in [5.41, 5.74) is 0.505. The molecule has 1 aromatic rings. The number of carbonyl (C=O) groups excluding carboxylic acids is 2. The molecule has 132 valence electrons. The average molecular weight is 332 g/mol. The zero-order chi connectivity index (χ0) is 18.1. The predicted octanol–water partition coefficient (Wildman–Crippen LogP) is 2.85. The van der Waals surface area contributed by atoms with E-state index < -0.39 is 0 Å². The van der Waals surface area contributed by atoms with Crippen LogP contribution in [0.15, 0.2) is 24.3 Å². The van der Waals surface area contributed by atoms with Crippen LogP contribution in [0.3, 0.4) is 0 Å². The van der Waals surface area contributed by atoms with Gasteiger partial charge in [0.15, 0.2) is 0 Å². The van der Waals surface area contributed by atoms with E-state index >= 15 is 0 Å². The van der Waals surface area contributed by atoms with E-state index in [1.165, 1.54) is 0 Å². The van der Waals surface area contributed by atoms with Crippen molar-refractivity contribution in [2.45, 2.75) is 58.8 Å². The Hall–Kier alpha value is -1.88. The fourth-order valence-corrected chi connectivity index (χ4v) is 2.97. The van der Waals surface area contributed by atoms with Gasteiger partial charge in [0.1, 0.15) is 0 Å². The van der Waals surface area contributed by atoms with Gasteiger partial charge in [-0.1, -0.05) is 0 Å². The normalized spacial score (nSPS) is 20.6. The first kappa shape index (κ1) is 18.5. The molecule has 0 spiro atoms. The lowest BCUT2D eigenvalue weighted by atomic mass is 10.0. The molecule has 1 heterocycles. The van der Waals surface area contributed by atoms with Crippen LogP contribution in [0.2, 0.25) is 0 Å². The minimum absolute atomic E-state index is 0.00883. The monoisotopic (exact) mass is 332 g/mol. The molecule has 1 aliphatic rings. The molecule has 0 aromatic heterocycles. The first-order valence-corrected chi connectivity index (χ1v) is 8.36. The Morgan fingerprint density at radius 3 is 2.21 bits per heavy atom. The van der Waals surface area contributed by atoms with Crippen molar-refractivity contribution in [1.29, 1.82) is 0 Å². The fourth-order valence-electron chi connectivity index (χ4n) is 2.97. The van der Waals surface area contributed by atoms with Crippen molar-refractivity contribution in [3.05, 3.63) is 35.4 Å². The Bertz CT molecular complexity index is 614. The van der Waals surface area contributed by atoms with Gasteiger partial charge in [-0.05, 0) is 65.8 Å². The highest BCUT2D eigenvalue weighted by Crippen LogP contribution is 2.22. The third kappa shape index (κ3) is 4.81. The first-order valence-electron chi connectivity index (χ1n) is 8.36. The first-order chi connectivity index (χ1) is 11.0. The van der Waals surface area contributed by atoms with Crippen LogP contribution in [-0.4, -0.2) is 47.0 Å². The van der Waals surface area contributed by atoms with Crippen molar-refractivity contribution < 1.29 is 14.3 Å². The summed E-state index contributed by atoms with van der Waals surface area (Å²) >= 11 is 0. The Morgan fingerprint density at radius 2 is 1.71 bits per heavy atom. The molecular weight excluding hydrogens is 304 g/mol. The fraction of sp³-hybridized carbons (Fsp3) is 0.579. The minimum Gasteiger partial charge on any atom is -0.369 e. The zero-order valence-electron chi connectivity index (χ0n) is 15.5. The molecule has 1 saturated heterocycles. The van der Waals surface area contributed by atoms with E-state index in [9.17, 15) is 9.59 Å². The van der Waals surface area contributed by atoms with Crippen LogP contribution in [0.1, 0.15) is 62.3 Å². The molecule has 1 aromatic carbocycles. The molecule has 0 aliphatic carbocycles. The Balaban J connectivity index is 2.10. The summed E-state index contributed by atoms with van der Waals surface area (Å²) < 4.78 is 5.84. The van der Waals surface area contributed by atoms with E-state index in [2.05, 4.69) is 5.32 Å². The highest BCUT2D eigenvalue weighted by Gasteiger charge is 2.34. The lowest BCUT2D eigenvalue weighted by molar-refractivity contribution is -0.118. The summed E-state index contributed by atoms with van der Waals surface area (Å²) in [6, 6.07) is 6.83. The van der Waals surface area contributed by atoms with E-state index in [1.807, 2.05) is 46.4 Å². The molecular formula is C19H28N2O3. The molecule has 0 saturated carbocycles. The van der Waals surface area contributed by atoms with E-state index in [0.717, 1.165) is 0 Å². The summed E-state index contributed by atoms with van der Waals surface area (Å²) in [6.45, 7) is 12.9. The highest BCUT2D eigenvalue weighted by molar-refractivity contribution is 5.98. The molecule has 1 unspecified atom stereocenters. The SMILES string of the molecule is CC1CN(C(=O)c2ccc(C(=O)NC(C)(C)C)cc2)CC(C)(C)O1. The molecule has 0 bridgehead atoms. The molecule has 5 heteroatoms. The van der Waals surface area contributed by atoms with E-state index in [1.54, 1.807) is 24.3 Å². The third-order valence-corrected chi connectivity index (χ3v) is 3.74. The molecule has 24 heavy (non-hydrogen) atoms. The third-order valence-electron chi connectivity index (χ3n) is 3.74. The Kier molecular flexibility index (Phi) is 5.04. The maximum absolute atomic E-state index is 12.7. The zero-order valence-corrected chi connectivity index (χ0v) is 15.5. The van der Waals surface area contributed by atoms with Gasteiger partial charge in [0.2, 0.25) is 0 Å². The second-order valence-corrected chi connectivity index (χ2v) is 8.16. The Labute approximate surface area is 144 Å². The Morgan fingerprint density at radius 1 is 1.17 bits per heavy atom. The van der Waals surface area contributed by atoms with Gasteiger partial charge in [-0.25, -0.2) is 0 Å². The number of carbonyl (C=O) groups is 2. The number of nitrogens with one attached hydrogen (secondary N) is 1. The van der Waals surface area contributed by atoms with Gasteiger partial charge in [0.05, 0.1) is 11.7 Å². The van der Waals surface area contributed by atoms with Gasteiger partial charge in [0.25, 0.3) is 11.8 Å². The smallest absolute Gasteiger partial charge is 0.254 e.